The van der Waals surface area contributed by atoms with E-state index in [2.05, 4.69) is 4.99 Å². The lowest BCUT2D eigenvalue weighted by Gasteiger charge is -2.26. The van der Waals surface area contributed by atoms with E-state index in [0.29, 0.717) is 41.1 Å². The zero-order valence-corrected chi connectivity index (χ0v) is 38.6. The predicted molar refractivity (Wildman–Crippen MR) is 252 cm³/mol. The second-order valence-electron chi connectivity index (χ2n) is 14.0. The van der Waals surface area contributed by atoms with E-state index in [0.717, 1.165) is 37.6 Å². The number of aliphatic imine (C=N–C) groups is 2. The summed E-state index contributed by atoms with van der Waals surface area (Å²) in [5.74, 6) is -2.65. The van der Waals surface area contributed by atoms with Gasteiger partial charge in [-0.1, -0.05) is 60.7 Å². The van der Waals surface area contributed by atoms with Crippen LogP contribution in [-0.2, 0) is 47.3 Å². The molecule has 0 spiro atoms. The van der Waals surface area contributed by atoms with Crippen molar-refractivity contribution in [2.24, 2.45) is 9.98 Å². The van der Waals surface area contributed by atoms with Crippen molar-refractivity contribution in [3.8, 4) is 34.0 Å². The van der Waals surface area contributed by atoms with Crippen LogP contribution in [0.5, 0.6) is 0 Å². The van der Waals surface area contributed by atoms with Crippen molar-refractivity contribution in [1.29, 1.82) is 21.0 Å². The van der Waals surface area contributed by atoms with E-state index >= 15 is 9.59 Å². The summed E-state index contributed by atoms with van der Waals surface area (Å²) in [5, 5.41) is 39.6. The molecule has 6 heterocycles. The van der Waals surface area contributed by atoms with Gasteiger partial charge >= 0.3 is 11.9 Å². The highest BCUT2D eigenvalue weighted by molar-refractivity contribution is 8.20. The van der Waals surface area contributed by atoms with Gasteiger partial charge in [-0.05, 0) is 60.6 Å². The summed E-state index contributed by atoms with van der Waals surface area (Å²) in [4.78, 5) is 70.5. The largest absolute Gasteiger partial charge is 0.459 e. The highest BCUT2D eigenvalue weighted by Crippen LogP contribution is 2.63. The number of hydrogen-bond acceptors (Lipinski definition) is 18. The zero-order valence-electron chi connectivity index (χ0n) is 33.7. The number of carbonyl (C=O) groups excluding carboxylic acids is 4. The Morgan fingerprint density at radius 1 is 0.631 bits per heavy atom. The summed E-state index contributed by atoms with van der Waals surface area (Å²) in [6.07, 6.45) is 0. The Hall–Kier alpha value is -6.88. The molecule has 0 radical (unpaired) electrons. The molecule has 6 aromatic rings. The van der Waals surface area contributed by atoms with Crippen LogP contribution in [0.25, 0.3) is 28.6 Å². The van der Waals surface area contributed by atoms with Crippen molar-refractivity contribution in [3.63, 3.8) is 0 Å². The van der Waals surface area contributed by atoms with Crippen LogP contribution in [0.4, 0.5) is 10.0 Å². The Labute approximate surface area is 394 Å². The maximum absolute atomic E-state index is 15.2. The maximum atomic E-state index is 15.2. The molecule has 0 saturated carbocycles. The Balaban J connectivity index is 1.21. The van der Waals surface area contributed by atoms with Crippen molar-refractivity contribution < 1.29 is 28.7 Å². The first kappa shape index (κ1) is 43.4. The van der Waals surface area contributed by atoms with Crippen molar-refractivity contribution in [2.45, 2.75) is 32.5 Å². The van der Waals surface area contributed by atoms with E-state index in [1.54, 1.807) is 44.2 Å². The molecule has 14 nitrogen and oxygen atoms in total. The highest BCUT2D eigenvalue weighted by Gasteiger charge is 2.61. The van der Waals surface area contributed by atoms with Crippen LogP contribution in [0.1, 0.15) is 36.1 Å². The summed E-state index contributed by atoms with van der Waals surface area (Å²) in [5.41, 5.74) is -0.466. The number of hydrogen-bond donors (Lipinski definition) is 0. The van der Waals surface area contributed by atoms with E-state index in [4.69, 9.17) is 14.5 Å². The number of amides is 2. The number of ether oxygens (including phenoxy) is 2. The van der Waals surface area contributed by atoms with Crippen LogP contribution >= 0.6 is 68.9 Å². The van der Waals surface area contributed by atoms with Crippen molar-refractivity contribution in [2.75, 3.05) is 13.1 Å². The van der Waals surface area contributed by atoms with Gasteiger partial charge in [-0.25, -0.2) is 9.98 Å². The number of thiophene rings is 4. The third-order valence-electron chi connectivity index (χ3n) is 10.4. The summed E-state index contributed by atoms with van der Waals surface area (Å²) in [6, 6.07) is 29.0. The average Bonchev–Trinajstić information content (AvgIpc) is 4.19. The van der Waals surface area contributed by atoms with Crippen molar-refractivity contribution >= 4 is 132 Å². The zero-order chi connectivity index (χ0) is 45.6. The monoisotopic (exact) mass is 966 g/mol. The molecule has 2 saturated heterocycles. The average molecular weight is 967 g/mol. The topological polar surface area (TPSA) is 213 Å². The van der Waals surface area contributed by atoms with Crippen LogP contribution in [0.15, 0.2) is 104 Å². The number of benzene rings is 2. The first-order valence-electron chi connectivity index (χ1n) is 19.4. The molecule has 65 heavy (non-hydrogen) atoms. The van der Waals surface area contributed by atoms with Gasteiger partial charge in [-0.3, -0.25) is 29.0 Å². The molecule has 0 bridgehead atoms. The third-order valence-corrected chi connectivity index (χ3v) is 17.5. The van der Waals surface area contributed by atoms with E-state index in [1.807, 2.05) is 66.7 Å². The van der Waals surface area contributed by atoms with Gasteiger partial charge in [0.15, 0.2) is 21.2 Å². The third kappa shape index (κ3) is 7.21. The quantitative estimate of drug-likeness (QED) is 0.0713. The molecular formula is C45H26N8O6S6. The second-order valence-corrected chi connectivity index (χ2v) is 20.1. The molecule has 2 aliphatic heterocycles. The number of nitrogens with zero attached hydrogens (tertiary/aromatic N) is 8. The lowest BCUT2D eigenvalue weighted by Crippen LogP contribution is -2.45. The molecule has 2 amide bonds. The minimum atomic E-state index is -2.14. The Kier molecular flexibility index (Phi) is 11.7. The first-order chi connectivity index (χ1) is 31.6. The fourth-order valence-corrected chi connectivity index (χ4v) is 15.1. The van der Waals surface area contributed by atoms with Crippen LogP contribution < -0.4 is 0 Å². The number of carbonyl (C=O) groups is 4. The van der Waals surface area contributed by atoms with Crippen molar-refractivity contribution in [1.82, 2.24) is 9.80 Å². The van der Waals surface area contributed by atoms with Gasteiger partial charge in [0, 0.05) is 28.9 Å². The Morgan fingerprint density at radius 2 is 1.12 bits per heavy atom. The van der Waals surface area contributed by atoms with Crippen molar-refractivity contribution in [3.05, 3.63) is 116 Å². The molecule has 9 rings (SSSR count). The molecule has 0 N–H and O–H groups in total. The number of esters is 2. The number of rotatable bonds is 10. The molecule has 0 atom stereocenters. The number of thioether (sulfide) groups is 2. The normalized spacial score (nSPS) is 16.2. The molecule has 318 valence electrons. The first-order valence-corrected chi connectivity index (χ1v) is 24.3. The predicted octanol–water partition coefficient (Wildman–Crippen LogP) is 9.76. The van der Waals surface area contributed by atoms with Crippen LogP contribution in [0.3, 0.4) is 0 Å². The number of fused-ring (bicyclic) bond motifs is 7. The fraction of sp³-hybridized carbons (Fsp3) is 0.156. The lowest BCUT2D eigenvalue weighted by atomic mass is 9.79. The molecule has 20 heteroatoms. The minimum absolute atomic E-state index is 0.00978. The molecular weight excluding hydrogens is 941 g/mol. The van der Waals surface area contributed by atoms with Gasteiger partial charge < -0.3 is 9.47 Å². The Morgan fingerprint density at radius 3 is 1.60 bits per heavy atom. The Bertz CT molecular complexity index is 3260. The highest BCUT2D eigenvalue weighted by atomic mass is 32.2. The maximum Gasteiger partial charge on any atom is 0.333 e. The summed E-state index contributed by atoms with van der Waals surface area (Å²) in [7, 11) is 0. The van der Waals surface area contributed by atoms with Gasteiger partial charge in [-0.15, -0.1) is 45.3 Å². The van der Waals surface area contributed by atoms with E-state index in [1.165, 1.54) is 55.1 Å². The summed E-state index contributed by atoms with van der Waals surface area (Å²) >= 11 is 7.09. The van der Waals surface area contributed by atoms with Crippen LogP contribution in [0, 0.1) is 45.3 Å². The van der Waals surface area contributed by atoms with Gasteiger partial charge in [0.25, 0.3) is 11.8 Å². The summed E-state index contributed by atoms with van der Waals surface area (Å²) < 4.78 is 15.2. The van der Waals surface area contributed by atoms with Gasteiger partial charge in [0.2, 0.25) is 5.41 Å². The molecule has 2 fully saturated rings. The van der Waals surface area contributed by atoms with Crippen LogP contribution in [-0.4, -0.2) is 56.7 Å². The van der Waals surface area contributed by atoms with E-state index < -0.39 is 29.2 Å². The van der Waals surface area contributed by atoms with Gasteiger partial charge in [0.1, 0.15) is 57.6 Å². The summed E-state index contributed by atoms with van der Waals surface area (Å²) in [6.45, 7) is 3.60. The smallest absolute Gasteiger partial charge is 0.333 e. The molecule has 0 unspecified atom stereocenters. The molecule has 4 aromatic heterocycles. The molecule has 3 aliphatic rings. The fourth-order valence-electron chi connectivity index (χ4n) is 7.43. The second kappa shape index (κ2) is 17.6. The van der Waals surface area contributed by atoms with E-state index in [-0.39, 0.29) is 63.2 Å². The van der Waals surface area contributed by atoms with Gasteiger partial charge in [0.05, 0.1) is 23.9 Å². The van der Waals surface area contributed by atoms with Crippen LogP contribution in [0.2, 0.25) is 0 Å². The molecule has 2 aromatic carbocycles. The number of allylic oxidation sites excluding steroid dienone is 2. The van der Waals surface area contributed by atoms with Gasteiger partial charge in [-0.2, -0.15) is 21.0 Å². The number of nitriles is 4. The van der Waals surface area contributed by atoms with E-state index in [9.17, 15) is 30.6 Å². The minimum Gasteiger partial charge on any atom is -0.459 e. The lowest BCUT2D eigenvalue weighted by molar-refractivity contribution is -0.164. The SMILES string of the molecule is CCN1C(=O)C(=Nc2cc3c(s2)-c2sc4c(sc5cc(N=C6SC(=C(C#N)C#N)N(CC)C6=O)sc54)c2C3(C(=O)OCc2ccccc2)C(=O)OCc2ccccc2)SC1=C(C#N)C#N. The standard InChI is InChI=1S/C45H26N8O6S6/c1-3-52-39(54)37(64-41(52)25(17-46)18-47)50-29-15-27-32(61-29)34-31(45(27,43(56)58-21-23-11-7-5-8-12-23)44(57)59-22-24-13-9-6-10-14-24)35-36(63-34)33-28(60-35)16-30(62-33)51-38-40(55)53(4-2)42(65-38)26(19-48)20-49/h5-16H,3-4,21-22H2,1-2H3. The molecule has 1 aliphatic carbocycles.